The van der Waals surface area contributed by atoms with Crippen LogP contribution in [-0.2, 0) is 13.6 Å². The third kappa shape index (κ3) is 4.43. The average molecular weight is 512 g/mol. The van der Waals surface area contributed by atoms with E-state index >= 15 is 0 Å². The Morgan fingerprint density at radius 3 is 2.82 bits per heavy atom. The number of ether oxygens (including phenoxy) is 1. The Labute approximate surface area is 219 Å². The maximum atomic E-state index is 13.3. The molecule has 4 aromatic heterocycles. The minimum absolute atomic E-state index is 0.0597. The first-order chi connectivity index (χ1) is 18.5. The van der Waals surface area contributed by atoms with Gasteiger partial charge in [-0.2, -0.15) is 5.10 Å². The van der Waals surface area contributed by atoms with Gasteiger partial charge in [0.25, 0.3) is 11.5 Å². The van der Waals surface area contributed by atoms with Crippen LogP contribution in [0.1, 0.15) is 28.2 Å². The number of fused-ring (bicyclic) bond motifs is 2. The van der Waals surface area contributed by atoms with Gasteiger partial charge in [0.2, 0.25) is 0 Å². The summed E-state index contributed by atoms with van der Waals surface area (Å²) in [4.78, 5) is 32.6. The molecule has 1 fully saturated rings. The Morgan fingerprint density at radius 1 is 1.13 bits per heavy atom. The second-order valence-corrected chi connectivity index (χ2v) is 9.62. The lowest BCUT2D eigenvalue weighted by molar-refractivity contribution is 0.102. The highest BCUT2D eigenvalue weighted by molar-refractivity contribution is 6.08. The van der Waals surface area contributed by atoms with Crippen molar-refractivity contribution in [1.82, 2.24) is 28.6 Å². The number of benzene rings is 1. The van der Waals surface area contributed by atoms with Crippen molar-refractivity contribution in [3.63, 3.8) is 0 Å². The van der Waals surface area contributed by atoms with Crippen molar-refractivity contribution >= 4 is 28.1 Å². The van der Waals surface area contributed by atoms with Gasteiger partial charge in [-0.3, -0.25) is 23.6 Å². The van der Waals surface area contributed by atoms with Crippen LogP contribution < -0.4 is 15.6 Å². The Morgan fingerprint density at radius 2 is 2.00 bits per heavy atom. The van der Waals surface area contributed by atoms with Gasteiger partial charge in [-0.15, -0.1) is 0 Å². The van der Waals surface area contributed by atoms with E-state index in [1.165, 1.54) is 6.42 Å². The standard InChI is InChI=1S/C28H29N7O3/c1-19-26-22(7-3-8-23(26)35(31-19)18-20-6-4-10-32(2)28(20)37)30-27(36)24-17-29-25-16-21(9-13-34(24)25)38-15-14-33-11-5-12-33/h3-4,6-10,13,16-17H,5,11-12,14-15,18H2,1-2H3,(H,30,36). The normalized spacial score (nSPS) is 13.6. The van der Waals surface area contributed by atoms with Gasteiger partial charge in [0.15, 0.2) is 0 Å². The van der Waals surface area contributed by atoms with Gasteiger partial charge < -0.3 is 14.6 Å². The van der Waals surface area contributed by atoms with Crippen LogP contribution in [0.2, 0.25) is 0 Å². The van der Waals surface area contributed by atoms with E-state index in [2.05, 4.69) is 20.3 Å². The van der Waals surface area contributed by atoms with Crippen LogP contribution >= 0.6 is 0 Å². The van der Waals surface area contributed by atoms with Crippen LogP contribution in [0.15, 0.2) is 65.8 Å². The van der Waals surface area contributed by atoms with E-state index in [0.717, 1.165) is 42.0 Å². The van der Waals surface area contributed by atoms with Crippen molar-refractivity contribution in [3.05, 3.63) is 88.4 Å². The zero-order valence-electron chi connectivity index (χ0n) is 21.4. The highest BCUT2D eigenvalue weighted by atomic mass is 16.5. The molecule has 10 nitrogen and oxygen atoms in total. The Hall–Kier alpha value is -4.44. The second kappa shape index (κ2) is 9.79. The number of anilines is 1. The molecule has 0 saturated carbocycles. The van der Waals surface area contributed by atoms with Gasteiger partial charge in [0.05, 0.1) is 29.6 Å². The summed E-state index contributed by atoms with van der Waals surface area (Å²) in [5.74, 6) is 0.456. The summed E-state index contributed by atoms with van der Waals surface area (Å²) in [6.45, 7) is 6.06. The number of imidazole rings is 1. The van der Waals surface area contributed by atoms with Gasteiger partial charge in [-0.05, 0) is 50.7 Å². The molecule has 1 saturated heterocycles. The minimum Gasteiger partial charge on any atom is -0.492 e. The molecule has 194 valence electrons. The van der Waals surface area contributed by atoms with Crippen LogP contribution in [0.25, 0.3) is 16.6 Å². The quantitative estimate of drug-likeness (QED) is 0.344. The van der Waals surface area contributed by atoms with Crippen molar-refractivity contribution in [2.75, 3.05) is 31.6 Å². The molecular weight excluding hydrogens is 482 g/mol. The highest BCUT2D eigenvalue weighted by Crippen LogP contribution is 2.28. The number of hydrogen-bond acceptors (Lipinski definition) is 6. The number of likely N-dealkylation sites (tertiary alicyclic amines) is 1. The third-order valence-corrected chi connectivity index (χ3v) is 7.07. The molecule has 10 heteroatoms. The first-order valence-corrected chi connectivity index (χ1v) is 12.7. The fraction of sp³-hybridized carbons (Fsp3) is 0.286. The van der Waals surface area contributed by atoms with Crippen LogP contribution in [-0.4, -0.2) is 60.8 Å². The number of pyridine rings is 2. The molecule has 38 heavy (non-hydrogen) atoms. The molecule has 0 radical (unpaired) electrons. The van der Waals surface area contributed by atoms with Crippen molar-refractivity contribution in [1.29, 1.82) is 0 Å². The lowest BCUT2D eigenvalue weighted by Crippen LogP contribution is -2.39. The Kier molecular flexibility index (Phi) is 6.16. The molecule has 1 aliphatic rings. The SMILES string of the molecule is Cc1nn(Cc2cccn(C)c2=O)c2cccc(NC(=O)c3cnc4cc(OCCN5CCC5)ccn34)c12. The highest BCUT2D eigenvalue weighted by Gasteiger charge is 2.18. The van der Waals surface area contributed by atoms with E-state index in [1.807, 2.05) is 49.4 Å². The predicted octanol–water partition coefficient (Wildman–Crippen LogP) is 3.08. The first kappa shape index (κ1) is 23.9. The zero-order valence-corrected chi connectivity index (χ0v) is 21.4. The van der Waals surface area contributed by atoms with Crippen molar-refractivity contribution in [3.8, 4) is 5.75 Å². The Bertz CT molecular complexity index is 1710. The molecule has 5 heterocycles. The van der Waals surface area contributed by atoms with Gasteiger partial charge in [0, 0.05) is 43.0 Å². The summed E-state index contributed by atoms with van der Waals surface area (Å²) in [7, 11) is 1.73. The molecular formula is C28H29N7O3. The summed E-state index contributed by atoms with van der Waals surface area (Å²) in [6, 6.07) is 13.0. The van der Waals surface area contributed by atoms with E-state index in [1.54, 1.807) is 39.3 Å². The van der Waals surface area contributed by atoms with Crippen LogP contribution in [0, 0.1) is 6.92 Å². The molecule has 1 aliphatic heterocycles. The summed E-state index contributed by atoms with van der Waals surface area (Å²) in [5, 5.41) is 8.54. The average Bonchev–Trinajstić information content (AvgIpc) is 3.45. The number of carbonyl (C=O) groups excluding carboxylic acids is 1. The number of nitrogens with one attached hydrogen (secondary N) is 1. The lowest BCUT2D eigenvalue weighted by Gasteiger charge is -2.30. The van der Waals surface area contributed by atoms with Gasteiger partial charge in [-0.25, -0.2) is 4.98 Å². The topological polar surface area (TPSA) is 98.7 Å². The maximum Gasteiger partial charge on any atom is 0.274 e. The van der Waals surface area contributed by atoms with E-state index in [-0.39, 0.29) is 11.5 Å². The molecule has 0 bridgehead atoms. The number of hydrogen-bond donors (Lipinski definition) is 1. The van der Waals surface area contributed by atoms with Crippen molar-refractivity contribution < 1.29 is 9.53 Å². The number of aromatic nitrogens is 5. The van der Waals surface area contributed by atoms with Crippen LogP contribution in [0.5, 0.6) is 5.75 Å². The van der Waals surface area contributed by atoms with Crippen molar-refractivity contribution in [2.24, 2.45) is 7.05 Å². The van der Waals surface area contributed by atoms with E-state index < -0.39 is 0 Å². The molecule has 0 spiro atoms. The van der Waals surface area contributed by atoms with Gasteiger partial charge in [-0.1, -0.05) is 12.1 Å². The van der Waals surface area contributed by atoms with Crippen LogP contribution in [0.4, 0.5) is 5.69 Å². The van der Waals surface area contributed by atoms with E-state index in [9.17, 15) is 9.59 Å². The van der Waals surface area contributed by atoms with Crippen molar-refractivity contribution in [2.45, 2.75) is 19.9 Å². The molecule has 5 aromatic rings. The molecule has 0 atom stereocenters. The number of nitrogens with zero attached hydrogens (tertiary/aromatic N) is 6. The number of carbonyl (C=O) groups is 1. The minimum atomic E-state index is -0.277. The maximum absolute atomic E-state index is 13.3. The molecule has 0 aliphatic carbocycles. The summed E-state index contributed by atoms with van der Waals surface area (Å²) in [6.07, 6.45) is 6.36. The van der Waals surface area contributed by atoms with Gasteiger partial charge >= 0.3 is 0 Å². The summed E-state index contributed by atoms with van der Waals surface area (Å²) >= 11 is 0. The Balaban J connectivity index is 1.23. The number of rotatable bonds is 8. The van der Waals surface area contributed by atoms with E-state index in [0.29, 0.717) is 35.7 Å². The zero-order chi connectivity index (χ0) is 26.2. The van der Waals surface area contributed by atoms with E-state index in [4.69, 9.17) is 4.74 Å². The first-order valence-electron chi connectivity index (χ1n) is 12.7. The second-order valence-electron chi connectivity index (χ2n) is 9.62. The molecule has 0 unspecified atom stereocenters. The molecule has 1 amide bonds. The smallest absolute Gasteiger partial charge is 0.274 e. The molecule has 1 N–H and O–H groups in total. The summed E-state index contributed by atoms with van der Waals surface area (Å²) < 4.78 is 11.0. The van der Waals surface area contributed by atoms with Crippen LogP contribution in [0.3, 0.4) is 0 Å². The largest absolute Gasteiger partial charge is 0.492 e. The number of amides is 1. The molecule has 6 rings (SSSR count). The summed E-state index contributed by atoms with van der Waals surface area (Å²) in [5.41, 5.74) is 3.90. The number of aryl methyl sites for hydroxylation is 2. The lowest BCUT2D eigenvalue weighted by atomic mass is 10.1. The fourth-order valence-corrected chi connectivity index (χ4v) is 4.88. The predicted molar refractivity (Wildman–Crippen MR) is 145 cm³/mol. The third-order valence-electron chi connectivity index (χ3n) is 7.07. The molecule has 1 aromatic carbocycles. The fourth-order valence-electron chi connectivity index (χ4n) is 4.88. The van der Waals surface area contributed by atoms with Gasteiger partial charge in [0.1, 0.15) is 23.7 Å². The monoisotopic (exact) mass is 511 g/mol.